The van der Waals surface area contributed by atoms with Crippen LogP contribution in [0.15, 0.2) is 54.6 Å². The molecule has 2 aromatic carbocycles. The first-order valence-corrected chi connectivity index (χ1v) is 6.14. The van der Waals surface area contributed by atoms with E-state index in [9.17, 15) is 9.90 Å². The quantitative estimate of drug-likeness (QED) is 0.836. The van der Waals surface area contributed by atoms with Gasteiger partial charge in [0, 0.05) is 0 Å². The van der Waals surface area contributed by atoms with E-state index in [1.165, 1.54) is 6.92 Å². The molecular formula is C16H16O3. The van der Waals surface area contributed by atoms with Crippen molar-refractivity contribution in [3.8, 4) is 5.75 Å². The molecule has 0 saturated heterocycles. The molecule has 1 unspecified atom stereocenters. The fraction of sp³-hybridized carbons (Fsp3) is 0.188. The van der Waals surface area contributed by atoms with Crippen LogP contribution in [0.2, 0.25) is 0 Å². The predicted molar refractivity (Wildman–Crippen MR) is 73.3 cm³/mol. The summed E-state index contributed by atoms with van der Waals surface area (Å²) < 4.78 is 5.54. The van der Waals surface area contributed by atoms with Crippen molar-refractivity contribution in [2.75, 3.05) is 6.61 Å². The molecule has 0 amide bonds. The monoisotopic (exact) mass is 256 g/mol. The fourth-order valence-corrected chi connectivity index (χ4v) is 1.82. The molecule has 0 aliphatic heterocycles. The molecule has 19 heavy (non-hydrogen) atoms. The van der Waals surface area contributed by atoms with Gasteiger partial charge in [-0.15, -0.1) is 0 Å². The standard InChI is InChI=1S/C16H16O3/c1-12(17)14-9-5-6-10-16(14)19-11-15(18)13-7-3-2-4-8-13/h2-10,15,18H,11H2,1H3. The Morgan fingerprint density at radius 3 is 2.42 bits per heavy atom. The van der Waals surface area contributed by atoms with Crippen molar-refractivity contribution < 1.29 is 14.6 Å². The molecule has 0 bridgehead atoms. The molecule has 0 fully saturated rings. The molecule has 0 radical (unpaired) electrons. The van der Waals surface area contributed by atoms with Crippen molar-refractivity contribution in [2.24, 2.45) is 0 Å². The first-order valence-electron chi connectivity index (χ1n) is 6.14. The third kappa shape index (κ3) is 3.42. The summed E-state index contributed by atoms with van der Waals surface area (Å²) in [6, 6.07) is 16.3. The van der Waals surface area contributed by atoms with Gasteiger partial charge in [0.15, 0.2) is 5.78 Å². The molecule has 0 saturated carbocycles. The number of rotatable bonds is 5. The van der Waals surface area contributed by atoms with Crippen LogP contribution in [0.4, 0.5) is 0 Å². The van der Waals surface area contributed by atoms with Crippen LogP contribution in [0.3, 0.4) is 0 Å². The summed E-state index contributed by atoms with van der Waals surface area (Å²) in [7, 11) is 0. The maximum Gasteiger partial charge on any atom is 0.163 e. The van der Waals surface area contributed by atoms with Gasteiger partial charge >= 0.3 is 0 Å². The number of ketones is 1. The smallest absolute Gasteiger partial charge is 0.163 e. The van der Waals surface area contributed by atoms with Crippen molar-refractivity contribution in [1.29, 1.82) is 0 Å². The van der Waals surface area contributed by atoms with E-state index in [2.05, 4.69) is 0 Å². The second-order valence-electron chi connectivity index (χ2n) is 4.29. The molecule has 98 valence electrons. The second kappa shape index (κ2) is 6.16. The molecule has 3 nitrogen and oxygen atoms in total. The number of Topliss-reactive ketones (excluding diaryl/α,β-unsaturated/α-hetero) is 1. The van der Waals surface area contributed by atoms with Crippen LogP contribution in [0, 0.1) is 0 Å². The van der Waals surface area contributed by atoms with E-state index in [1.54, 1.807) is 24.3 Å². The number of para-hydroxylation sites is 1. The van der Waals surface area contributed by atoms with Gasteiger partial charge in [0.25, 0.3) is 0 Å². The molecule has 1 atom stereocenters. The number of aliphatic hydroxyl groups excluding tert-OH is 1. The maximum absolute atomic E-state index is 11.4. The Kier molecular flexibility index (Phi) is 4.31. The lowest BCUT2D eigenvalue weighted by Crippen LogP contribution is -2.11. The molecule has 0 heterocycles. The summed E-state index contributed by atoms with van der Waals surface area (Å²) in [6.45, 7) is 1.62. The number of ether oxygens (including phenoxy) is 1. The van der Waals surface area contributed by atoms with Gasteiger partial charge in [-0.2, -0.15) is 0 Å². The van der Waals surface area contributed by atoms with E-state index >= 15 is 0 Å². The van der Waals surface area contributed by atoms with E-state index in [0.717, 1.165) is 5.56 Å². The molecule has 2 aromatic rings. The van der Waals surface area contributed by atoms with Crippen molar-refractivity contribution in [3.05, 3.63) is 65.7 Å². The lowest BCUT2D eigenvalue weighted by molar-refractivity contribution is 0.0977. The van der Waals surface area contributed by atoms with Gasteiger partial charge in [-0.1, -0.05) is 42.5 Å². The van der Waals surface area contributed by atoms with Crippen molar-refractivity contribution in [3.63, 3.8) is 0 Å². The average Bonchev–Trinajstić information content (AvgIpc) is 2.46. The van der Waals surface area contributed by atoms with Crippen LogP contribution in [0.5, 0.6) is 5.75 Å². The average molecular weight is 256 g/mol. The summed E-state index contributed by atoms with van der Waals surface area (Å²) in [5.41, 5.74) is 1.32. The van der Waals surface area contributed by atoms with Gasteiger partial charge in [-0.25, -0.2) is 0 Å². The van der Waals surface area contributed by atoms with Gasteiger partial charge in [0.1, 0.15) is 18.5 Å². The zero-order chi connectivity index (χ0) is 13.7. The topological polar surface area (TPSA) is 46.5 Å². The van der Waals surface area contributed by atoms with Gasteiger partial charge in [-0.3, -0.25) is 4.79 Å². The van der Waals surface area contributed by atoms with Gasteiger partial charge in [0.05, 0.1) is 5.56 Å². The van der Waals surface area contributed by atoms with Crippen LogP contribution >= 0.6 is 0 Å². The highest BCUT2D eigenvalue weighted by molar-refractivity contribution is 5.96. The van der Waals surface area contributed by atoms with Crippen LogP contribution in [-0.2, 0) is 0 Å². The fourth-order valence-electron chi connectivity index (χ4n) is 1.82. The van der Waals surface area contributed by atoms with Crippen LogP contribution < -0.4 is 4.74 Å². The Hall–Kier alpha value is -2.13. The van der Waals surface area contributed by atoms with Crippen LogP contribution in [-0.4, -0.2) is 17.5 Å². The molecular weight excluding hydrogens is 240 g/mol. The lowest BCUT2D eigenvalue weighted by atomic mass is 10.1. The largest absolute Gasteiger partial charge is 0.490 e. The van der Waals surface area contributed by atoms with Crippen LogP contribution in [0.25, 0.3) is 0 Å². The number of aliphatic hydroxyl groups is 1. The van der Waals surface area contributed by atoms with Crippen molar-refractivity contribution in [2.45, 2.75) is 13.0 Å². The highest BCUT2D eigenvalue weighted by atomic mass is 16.5. The second-order valence-corrected chi connectivity index (χ2v) is 4.29. The van der Waals surface area contributed by atoms with E-state index < -0.39 is 6.10 Å². The molecule has 0 spiro atoms. The lowest BCUT2D eigenvalue weighted by Gasteiger charge is -2.14. The Balaban J connectivity index is 2.05. The van der Waals surface area contributed by atoms with E-state index in [-0.39, 0.29) is 12.4 Å². The van der Waals surface area contributed by atoms with Crippen molar-refractivity contribution in [1.82, 2.24) is 0 Å². The summed E-state index contributed by atoms with van der Waals surface area (Å²) in [5.74, 6) is 0.454. The van der Waals surface area contributed by atoms with E-state index in [1.807, 2.05) is 30.3 Å². The van der Waals surface area contributed by atoms with Gasteiger partial charge < -0.3 is 9.84 Å². The van der Waals surface area contributed by atoms with Crippen LogP contribution in [0.1, 0.15) is 28.9 Å². The molecule has 0 aliphatic rings. The minimum Gasteiger partial charge on any atom is -0.490 e. The number of carbonyl (C=O) groups is 1. The Bertz CT molecular complexity index is 549. The number of hydrogen-bond donors (Lipinski definition) is 1. The van der Waals surface area contributed by atoms with Crippen molar-refractivity contribution >= 4 is 5.78 Å². The number of hydrogen-bond acceptors (Lipinski definition) is 3. The summed E-state index contributed by atoms with van der Waals surface area (Å²) in [4.78, 5) is 11.4. The zero-order valence-electron chi connectivity index (χ0n) is 10.7. The third-order valence-corrected chi connectivity index (χ3v) is 2.85. The number of benzene rings is 2. The Morgan fingerprint density at radius 1 is 1.11 bits per heavy atom. The number of carbonyl (C=O) groups excluding carboxylic acids is 1. The minimum absolute atomic E-state index is 0.0511. The third-order valence-electron chi connectivity index (χ3n) is 2.85. The summed E-state index contributed by atoms with van der Waals surface area (Å²) in [5, 5.41) is 10.0. The predicted octanol–water partition coefficient (Wildman–Crippen LogP) is 3.00. The van der Waals surface area contributed by atoms with Gasteiger partial charge in [0.2, 0.25) is 0 Å². The summed E-state index contributed by atoms with van der Waals surface area (Å²) in [6.07, 6.45) is -0.707. The minimum atomic E-state index is -0.707. The first kappa shape index (κ1) is 13.3. The molecule has 1 N–H and O–H groups in total. The molecule has 3 heteroatoms. The zero-order valence-corrected chi connectivity index (χ0v) is 10.7. The Labute approximate surface area is 112 Å². The SMILES string of the molecule is CC(=O)c1ccccc1OCC(O)c1ccccc1. The normalized spacial score (nSPS) is 11.9. The molecule has 0 aromatic heterocycles. The van der Waals surface area contributed by atoms with E-state index in [0.29, 0.717) is 11.3 Å². The van der Waals surface area contributed by atoms with E-state index in [4.69, 9.17) is 4.74 Å². The molecule has 0 aliphatic carbocycles. The summed E-state index contributed by atoms with van der Waals surface area (Å²) >= 11 is 0. The Morgan fingerprint density at radius 2 is 1.74 bits per heavy atom. The molecule has 2 rings (SSSR count). The highest BCUT2D eigenvalue weighted by Gasteiger charge is 2.11. The highest BCUT2D eigenvalue weighted by Crippen LogP contribution is 2.20. The maximum atomic E-state index is 11.4. The first-order chi connectivity index (χ1) is 9.18. The van der Waals surface area contributed by atoms with Gasteiger partial charge in [-0.05, 0) is 24.6 Å².